The van der Waals surface area contributed by atoms with E-state index < -0.39 is 17.0 Å². The molecule has 1 saturated carbocycles. The Kier molecular flexibility index (Phi) is 7.60. The molecule has 11 nitrogen and oxygen atoms in total. The van der Waals surface area contributed by atoms with Gasteiger partial charge in [-0.15, -0.1) is 0 Å². The van der Waals surface area contributed by atoms with Crippen LogP contribution in [0.2, 0.25) is 0 Å². The van der Waals surface area contributed by atoms with Crippen molar-refractivity contribution >= 4 is 45.1 Å². The standard InChI is InChI=1S/C28H28F3N9O2S/c1-38(18-8-9-18)11-2-3-21(41)39-12-10-19(14-39)40-25-22(24(32)34-15-35-25)23(37-40)16-4-6-17(7-5-16)26(42)36-27-33-13-20(43-27)28(29,30)31/h2-7,13,15,18-19H,8-12,14H2,1H3,(H2,32,34,35)(H,33,36,42)/b3-2+/t19-/m1/s1. The molecule has 2 aliphatic rings. The number of nitrogen functional groups attached to an aromatic ring is 1. The van der Waals surface area contributed by atoms with E-state index in [1.807, 2.05) is 6.08 Å². The molecule has 1 saturated heterocycles. The second-order valence-electron chi connectivity index (χ2n) is 10.6. The largest absolute Gasteiger partial charge is 0.427 e. The molecule has 6 rings (SSSR count). The number of thiazole rings is 1. The predicted molar refractivity (Wildman–Crippen MR) is 155 cm³/mol. The van der Waals surface area contributed by atoms with Crippen molar-refractivity contribution in [2.24, 2.45) is 0 Å². The van der Waals surface area contributed by atoms with Crippen LogP contribution in [0, 0.1) is 0 Å². The summed E-state index contributed by atoms with van der Waals surface area (Å²) >= 11 is 0.352. The Morgan fingerprint density at radius 1 is 1.16 bits per heavy atom. The molecule has 0 bridgehead atoms. The Morgan fingerprint density at radius 2 is 1.93 bits per heavy atom. The number of halogens is 3. The summed E-state index contributed by atoms with van der Waals surface area (Å²) < 4.78 is 40.4. The normalized spacial score (nSPS) is 17.4. The molecule has 1 aliphatic heterocycles. The molecule has 4 aromatic rings. The minimum absolute atomic E-state index is 0.0428. The lowest BCUT2D eigenvalue weighted by Crippen LogP contribution is -2.28. The molecule has 0 spiro atoms. The summed E-state index contributed by atoms with van der Waals surface area (Å²) in [5.41, 5.74) is 8.17. The number of rotatable bonds is 8. The molecule has 0 radical (unpaired) electrons. The van der Waals surface area contributed by atoms with E-state index in [9.17, 15) is 22.8 Å². The molecule has 2 amide bonds. The molecule has 4 heterocycles. The minimum Gasteiger partial charge on any atom is -0.383 e. The van der Waals surface area contributed by atoms with Crippen LogP contribution in [0.4, 0.5) is 24.1 Å². The van der Waals surface area contributed by atoms with Gasteiger partial charge in [0, 0.05) is 42.9 Å². The quantitative estimate of drug-likeness (QED) is 0.283. The summed E-state index contributed by atoms with van der Waals surface area (Å²) in [5, 5.41) is 7.63. The summed E-state index contributed by atoms with van der Waals surface area (Å²) in [6.07, 6.45) is 4.17. The van der Waals surface area contributed by atoms with Crippen molar-refractivity contribution < 1.29 is 22.8 Å². The highest BCUT2D eigenvalue weighted by molar-refractivity contribution is 7.15. The van der Waals surface area contributed by atoms with Gasteiger partial charge in [0.25, 0.3) is 5.91 Å². The minimum atomic E-state index is -4.53. The van der Waals surface area contributed by atoms with Crippen molar-refractivity contribution in [1.82, 2.24) is 34.5 Å². The maximum Gasteiger partial charge on any atom is 0.427 e. The number of amides is 2. The van der Waals surface area contributed by atoms with E-state index in [2.05, 4.69) is 32.2 Å². The molecule has 1 aliphatic carbocycles. The van der Waals surface area contributed by atoms with E-state index in [0.717, 1.165) is 6.54 Å². The lowest BCUT2D eigenvalue weighted by molar-refractivity contribution is -0.134. The van der Waals surface area contributed by atoms with Crippen LogP contribution < -0.4 is 11.1 Å². The summed E-state index contributed by atoms with van der Waals surface area (Å²) in [4.78, 5) is 40.9. The van der Waals surface area contributed by atoms with Gasteiger partial charge in [-0.1, -0.05) is 29.5 Å². The number of likely N-dealkylation sites (N-methyl/N-ethyl adjacent to an activating group) is 1. The monoisotopic (exact) mass is 611 g/mol. The lowest BCUT2D eigenvalue weighted by atomic mass is 10.1. The van der Waals surface area contributed by atoms with Crippen molar-refractivity contribution in [3.63, 3.8) is 0 Å². The number of carbonyl (C=O) groups is 2. The zero-order valence-corrected chi connectivity index (χ0v) is 23.9. The molecule has 2 fully saturated rings. The van der Waals surface area contributed by atoms with Gasteiger partial charge < -0.3 is 10.6 Å². The van der Waals surface area contributed by atoms with Gasteiger partial charge in [-0.05, 0) is 38.4 Å². The maximum absolute atomic E-state index is 12.9. The van der Waals surface area contributed by atoms with Crippen LogP contribution in [0.25, 0.3) is 22.3 Å². The fourth-order valence-corrected chi connectivity index (χ4v) is 5.77. The Hall–Kier alpha value is -4.37. The van der Waals surface area contributed by atoms with Gasteiger partial charge >= 0.3 is 6.18 Å². The summed E-state index contributed by atoms with van der Waals surface area (Å²) in [6, 6.07) is 6.92. The zero-order chi connectivity index (χ0) is 30.3. The Labute approximate surface area is 248 Å². The first kappa shape index (κ1) is 28.7. The molecular weight excluding hydrogens is 583 g/mol. The number of likely N-dealkylation sites (tertiary alicyclic amines) is 1. The number of nitrogens with one attached hydrogen (secondary N) is 1. The third-order valence-corrected chi connectivity index (χ3v) is 8.55. The van der Waals surface area contributed by atoms with Crippen LogP contribution in [-0.4, -0.2) is 79.1 Å². The number of alkyl halides is 3. The topological polar surface area (TPSA) is 135 Å². The third-order valence-electron chi connectivity index (χ3n) is 7.59. The number of carbonyl (C=O) groups excluding carboxylic acids is 2. The second kappa shape index (κ2) is 11.4. The van der Waals surface area contributed by atoms with Crippen molar-refractivity contribution in [3.8, 4) is 11.3 Å². The SMILES string of the molecule is CN(C/C=C/C(=O)N1CC[C@@H](n2nc(-c3ccc(C(=O)Nc4ncc(C(F)(F)F)s4)cc3)c3c(N)ncnc32)C1)C1CC1. The van der Waals surface area contributed by atoms with Gasteiger partial charge in [-0.3, -0.25) is 19.8 Å². The van der Waals surface area contributed by atoms with Crippen LogP contribution in [0.1, 0.15) is 40.5 Å². The average Bonchev–Trinajstić information content (AvgIpc) is 3.34. The van der Waals surface area contributed by atoms with E-state index in [0.29, 0.717) is 65.4 Å². The molecule has 3 aromatic heterocycles. The number of hydrogen-bond donors (Lipinski definition) is 2. The van der Waals surface area contributed by atoms with Crippen LogP contribution in [0.3, 0.4) is 0 Å². The van der Waals surface area contributed by atoms with E-state index in [4.69, 9.17) is 10.8 Å². The number of anilines is 2. The van der Waals surface area contributed by atoms with E-state index in [-0.39, 0.29) is 28.5 Å². The third kappa shape index (κ3) is 6.08. The lowest BCUT2D eigenvalue weighted by Gasteiger charge is -2.16. The summed E-state index contributed by atoms with van der Waals surface area (Å²) in [5.74, 6) is -0.401. The predicted octanol–water partition coefficient (Wildman–Crippen LogP) is 4.23. The number of nitrogens with zero attached hydrogens (tertiary/aromatic N) is 7. The second-order valence-corrected chi connectivity index (χ2v) is 11.6. The number of nitrogens with two attached hydrogens (primary N) is 1. The van der Waals surface area contributed by atoms with Gasteiger partial charge in [-0.2, -0.15) is 18.3 Å². The Morgan fingerprint density at radius 3 is 2.63 bits per heavy atom. The first-order valence-electron chi connectivity index (χ1n) is 13.7. The van der Waals surface area contributed by atoms with Gasteiger partial charge in [-0.25, -0.2) is 19.6 Å². The average molecular weight is 612 g/mol. The molecule has 43 heavy (non-hydrogen) atoms. The summed E-state index contributed by atoms with van der Waals surface area (Å²) in [6.45, 7) is 1.78. The van der Waals surface area contributed by atoms with Crippen molar-refractivity contribution in [2.75, 3.05) is 37.7 Å². The molecule has 224 valence electrons. The van der Waals surface area contributed by atoms with Crippen LogP contribution in [0.5, 0.6) is 0 Å². The van der Waals surface area contributed by atoms with E-state index in [1.54, 1.807) is 27.8 Å². The highest BCUT2D eigenvalue weighted by Gasteiger charge is 2.34. The number of fused-ring (bicyclic) bond motifs is 1. The zero-order valence-electron chi connectivity index (χ0n) is 23.1. The fraction of sp³-hybridized carbons (Fsp3) is 0.357. The van der Waals surface area contributed by atoms with Gasteiger partial charge in [0.15, 0.2) is 10.8 Å². The highest BCUT2D eigenvalue weighted by Crippen LogP contribution is 2.36. The van der Waals surface area contributed by atoms with E-state index in [1.165, 1.54) is 31.3 Å². The maximum atomic E-state index is 12.9. The molecule has 0 unspecified atom stereocenters. The van der Waals surface area contributed by atoms with Gasteiger partial charge in [0.05, 0.1) is 17.6 Å². The molecule has 1 aromatic carbocycles. The smallest absolute Gasteiger partial charge is 0.383 e. The van der Waals surface area contributed by atoms with Crippen molar-refractivity contribution in [3.05, 3.63) is 59.4 Å². The van der Waals surface area contributed by atoms with Gasteiger partial charge in [0.1, 0.15) is 22.7 Å². The van der Waals surface area contributed by atoms with E-state index >= 15 is 0 Å². The Balaban J connectivity index is 1.18. The van der Waals surface area contributed by atoms with Crippen LogP contribution in [0.15, 0.2) is 48.9 Å². The molecular formula is C28H28F3N9O2S. The number of hydrogen-bond acceptors (Lipinski definition) is 9. The van der Waals surface area contributed by atoms with Crippen molar-refractivity contribution in [2.45, 2.75) is 37.5 Å². The highest BCUT2D eigenvalue weighted by atomic mass is 32.1. The first-order chi connectivity index (χ1) is 20.6. The molecule has 15 heteroatoms. The molecule has 3 N–H and O–H groups in total. The van der Waals surface area contributed by atoms with Gasteiger partial charge in [0.2, 0.25) is 5.91 Å². The fourth-order valence-electron chi connectivity index (χ4n) is 5.09. The number of benzene rings is 1. The first-order valence-corrected chi connectivity index (χ1v) is 14.5. The van der Waals surface area contributed by atoms with Crippen LogP contribution in [-0.2, 0) is 11.0 Å². The van der Waals surface area contributed by atoms with Crippen LogP contribution >= 0.6 is 11.3 Å². The Bertz CT molecular complexity index is 1700. The van der Waals surface area contributed by atoms with Crippen molar-refractivity contribution in [1.29, 1.82) is 0 Å². The number of aromatic nitrogens is 5. The summed E-state index contributed by atoms with van der Waals surface area (Å²) in [7, 11) is 2.06. The molecule has 1 atom stereocenters.